The zero-order valence-electron chi connectivity index (χ0n) is 17.3. The molecule has 29 heavy (non-hydrogen) atoms. The fourth-order valence-corrected chi connectivity index (χ4v) is 4.17. The molecule has 0 N–H and O–H groups in total. The smallest absolute Gasteiger partial charge is 0.0922 e. The number of hydrogen-bond donors (Lipinski definition) is 0. The molecule has 0 aliphatic rings. The summed E-state index contributed by atoms with van der Waals surface area (Å²) in [5.74, 6) is 0. The van der Waals surface area contributed by atoms with Crippen LogP contribution in [0, 0.1) is 6.92 Å². The van der Waals surface area contributed by atoms with Crippen molar-refractivity contribution in [3.05, 3.63) is 84.1 Å². The zero-order chi connectivity index (χ0) is 20.2. The Balaban J connectivity index is 1.79. The van der Waals surface area contributed by atoms with E-state index >= 15 is 0 Å². The second kappa shape index (κ2) is 6.38. The molecular formula is C27H24N2. The standard InChI is InChI=1S/C27H24N2/c1-17-26(29-25-16-19-10-6-5-9-18(19)15-24(25)28-17)21-13-20-11-7-8-12-22(20)23(14-21)27(2,3)4/h5-16H,1-4H3. The molecule has 1 aromatic heterocycles. The van der Waals surface area contributed by atoms with E-state index in [1.807, 2.05) is 0 Å². The van der Waals surface area contributed by atoms with Gasteiger partial charge in [-0.1, -0.05) is 69.3 Å². The molecule has 142 valence electrons. The van der Waals surface area contributed by atoms with E-state index in [1.165, 1.54) is 27.1 Å². The van der Waals surface area contributed by atoms with Gasteiger partial charge in [-0.05, 0) is 63.7 Å². The van der Waals surface area contributed by atoms with Gasteiger partial charge in [-0.3, -0.25) is 0 Å². The van der Waals surface area contributed by atoms with Crippen molar-refractivity contribution in [3.63, 3.8) is 0 Å². The van der Waals surface area contributed by atoms with Crippen LogP contribution in [0.15, 0.2) is 72.8 Å². The van der Waals surface area contributed by atoms with Crippen LogP contribution in [0.25, 0.3) is 43.8 Å². The molecule has 4 aromatic carbocycles. The molecule has 0 aliphatic carbocycles. The average Bonchev–Trinajstić information content (AvgIpc) is 2.70. The van der Waals surface area contributed by atoms with Gasteiger partial charge in [-0.2, -0.15) is 0 Å². The Kier molecular flexibility index (Phi) is 3.92. The summed E-state index contributed by atoms with van der Waals surface area (Å²) in [6, 6.07) is 25.8. The van der Waals surface area contributed by atoms with E-state index < -0.39 is 0 Å². The first-order chi connectivity index (χ1) is 13.9. The van der Waals surface area contributed by atoms with Crippen LogP contribution in [0.4, 0.5) is 0 Å². The molecule has 0 amide bonds. The van der Waals surface area contributed by atoms with Gasteiger partial charge in [0, 0.05) is 5.56 Å². The molecular weight excluding hydrogens is 352 g/mol. The number of benzene rings is 4. The number of aromatic nitrogens is 2. The Hall–Kier alpha value is -3.26. The van der Waals surface area contributed by atoms with Gasteiger partial charge >= 0.3 is 0 Å². The minimum atomic E-state index is 0.0456. The highest BCUT2D eigenvalue weighted by atomic mass is 14.8. The molecule has 0 atom stereocenters. The van der Waals surface area contributed by atoms with Crippen LogP contribution in [-0.4, -0.2) is 9.97 Å². The molecule has 1 heterocycles. The topological polar surface area (TPSA) is 25.8 Å². The van der Waals surface area contributed by atoms with E-state index in [2.05, 4.69) is 100 Å². The Morgan fingerprint density at radius 1 is 0.655 bits per heavy atom. The Morgan fingerprint density at radius 3 is 1.90 bits per heavy atom. The summed E-state index contributed by atoms with van der Waals surface area (Å²) < 4.78 is 0. The Bertz CT molecular complexity index is 1390. The van der Waals surface area contributed by atoms with Crippen LogP contribution in [0.3, 0.4) is 0 Å². The van der Waals surface area contributed by atoms with Crippen molar-refractivity contribution in [1.82, 2.24) is 9.97 Å². The summed E-state index contributed by atoms with van der Waals surface area (Å²) in [5.41, 5.74) is 6.33. The van der Waals surface area contributed by atoms with Crippen molar-refractivity contribution in [3.8, 4) is 11.3 Å². The van der Waals surface area contributed by atoms with Crippen LogP contribution >= 0.6 is 0 Å². The molecule has 2 nitrogen and oxygen atoms in total. The fraction of sp³-hybridized carbons (Fsp3) is 0.185. The molecule has 0 unspecified atom stereocenters. The van der Waals surface area contributed by atoms with Gasteiger partial charge in [0.05, 0.1) is 22.4 Å². The zero-order valence-corrected chi connectivity index (χ0v) is 17.3. The predicted octanol–water partition coefficient (Wildman–Crippen LogP) is 7.21. The number of fused-ring (bicyclic) bond motifs is 3. The molecule has 2 heteroatoms. The van der Waals surface area contributed by atoms with Crippen LogP contribution in [0.1, 0.15) is 32.0 Å². The summed E-state index contributed by atoms with van der Waals surface area (Å²) in [5, 5.41) is 4.94. The van der Waals surface area contributed by atoms with Crippen molar-refractivity contribution in [2.24, 2.45) is 0 Å². The Morgan fingerprint density at radius 2 is 1.24 bits per heavy atom. The molecule has 0 saturated heterocycles. The van der Waals surface area contributed by atoms with Crippen molar-refractivity contribution < 1.29 is 0 Å². The molecule has 0 saturated carbocycles. The monoisotopic (exact) mass is 376 g/mol. The van der Waals surface area contributed by atoms with E-state index in [-0.39, 0.29) is 5.41 Å². The van der Waals surface area contributed by atoms with Crippen molar-refractivity contribution >= 4 is 32.6 Å². The van der Waals surface area contributed by atoms with E-state index in [0.717, 1.165) is 28.0 Å². The number of hydrogen-bond acceptors (Lipinski definition) is 2. The minimum absolute atomic E-state index is 0.0456. The predicted molar refractivity (Wildman–Crippen MR) is 123 cm³/mol. The van der Waals surface area contributed by atoms with E-state index in [9.17, 15) is 0 Å². The van der Waals surface area contributed by atoms with Gasteiger partial charge in [-0.25, -0.2) is 9.97 Å². The number of rotatable bonds is 1. The van der Waals surface area contributed by atoms with Crippen LogP contribution in [0.2, 0.25) is 0 Å². The first kappa shape index (κ1) is 17.8. The van der Waals surface area contributed by atoms with E-state index in [0.29, 0.717) is 0 Å². The third-order valence-electron chi connectivity index (χ3n) is 5.65. The lowest BCUT2D eigenvalue weighted by Crippen LogP contribution is -2.12. The lowest BCUT2D eigenvalue weighted by atomic mass is 9.82. The first-order valence-corrected chi connectivity index (χ1v) is 10.1. The fourth-order valence-electron chi connectivity index (χ4n) is 4.17. The maximum Gasteiger partial charge on any atom is 0.0922 e. The average molecular weight is 377 g/mol. The first-order valence-electron chi connectivity index (χ1n) is 10.1. The maximum atomic E-state index is 5.06. The van der Waals surface area contributed by atoms with E-state index in [1.54, 1.807) is 0 Å². The number of aryl methyl sites for hydroxylation is 1. The second-order valence-electron chi connectivity index (χ2n) is 8.84. The molecule has 5 aromatic rings. The summed E-state index contributed by atoms with van der Waals surface area (Å²) in [6.45, 7) is 8.86. The van der Waals surface area contributed by atoms with E-state index in [4.69, 9.17) is 9.97 Å². The summed E-state index contributed by atoms with van der Waals surface area (Å²) in [4.78, 5) is 9.97. The molecule has 0 bridgehead atoms. The van der Waals surface area contributed by atoms with Gasteiger partial charge in [0.25, 0.3) is 0 Å². The quantitative estimate of drug-likeness (QED) is 0.289. The van der Waals surface area contributed by atoms with Crippen molar-refractivity contribution in [1.29, 1.82) is 0 Å². The molecule has 5 rings (SSSR count). The van der Waals surface area contributed by atoms with Gasteiger partial charge < -0.3 is 0 Å². The van der Waals surface area contributed by atoms with Gasteiger partial charge in [-0.15, -0.1) is 0 Å². The number of nitrogens with zero attached hydrogens (tertiary/aromatic N) is 2. The van der Waals surface area contributed by atoms with Crippen LogP contribution in [-0.2, 0) is 5.41 Å². The van der Waals surface area contributed by atoms with Crippen molar-refractivity contribution in [2.75, 3.05) is 0 Å². The highest BCUT2D eigenvalue weighted by molar-refractivity contribution is 5.96. The third-order valence-corrected chi connectivity index (χ3v) is 5.65. The van der Waals surface area contributed by atoms with Gasteiger partial charge in [0.2, 0.25) is 0 Å². The lowest BCUT2D eigenvalue weighted by molar-refractivity contribution is 0.596. The maximum absolute atomic E-state index is 5.06. The molecule has 0 fully saturated rings. The third kappa shape index (κ3) is 3.05. The highest BCUT2D eigenvalue weighted by Gasteiger charge is 2.19. The summed E-state index contributed by atoms with van der Waals surface area (Å²) in [7, 11) is 0. The second-order valence-corrected chi connectivity index (χ2v) is 8.84. The van der Waals surface area contributed by atoms with Gasteiger partial charge in [0.1, 0.15) is 0 Å². The Labute approximate surface area is 171 Å². The van der Waals surface area contributed by atoms with Crippen LogP contribution < -0.4 is 0 Å². The lowest BCUT2D eigenvalue weighted by Gasteiger charge is -2.23. The highest BCUT2D eigenvalue weighted by Crippen LogP contribution is 2.35. The largest absolute Gasteiger partial charge is 0.249 e. The summed E-state index contributed by atoms with van der Waals surface area (Å²) >= 11 is 0. The SMILES string of the molecule is Cc1nc2cc3ccccc3cc2nc1-c1cc(C(C)(C)C)c2ccccc2c1. The van der Waals surface area contributed by atoms with Crippen LogP contribution in [0.5, 0.6) is 0 Å². The van der Waals surface area contributed by atoms with Gasteiger partial charge in [0.15, 0.2) is 0 Å². The summed E-state index contributed by atoms with van der Waals surface area (Å²) in [6.07, 6.45) is 0. The van der Waals surface area contributed by atoms with Crippen molar-refractivity contribution in [2.45, 2.75) is 33.1 Å². The molecule has 0 spiro atoms. The minimum Gasteiger partial charge on any atom is -0.249 e. The molecule has 0 aliphatic heterocycles. The normalized spacial score (nSPS) is 12.1. The molecule has 0 radical (unpaired) electrons.